The van der Waals surface area contributed by atoms with Gasteiger partial charge in [0.15, 0.2) is 0 Å². The Morgan fingerprint density at radius 3 is 2.49 bits per heavy atom. The molecular weight excluding hydrogens is 543 g/mol. The molecule has 2 aliphatic carbocycles. The van der Waals surface area contributed by atoms with Gasteiger partial charge in [0.2, 0.25) is 15.9 Å². The number of halogens is 1. The molecule has 41 heavy (non-hydrogen) atoms. The second-order valence-electron chi connectivity index (χ2n) is 10.4. The van der Waals surface area contributed by atoms with Gasteiger partial charge in [-0.2, -0.15) is 0 Å². The van der Waals surface area contributed by atoms with Gasteiger partial charge in [0.1, 0.15) is 5.82 Å². The number of amides is 1. The summed E-state index contributed by atoms with van der Waals surface area (Å²) in [5.41, 5.74) is 4.41. The number of benzene rings is 3. The molecule has 0 spiro atoms. The van der Waals surface area contributed by atoms with Gasteiger partial charge in [0.05, 0.1) is 18.6 Å². The molecule has 1 N–H and O–H groups in total. The summed E-state index contributed by atoms with van der Waals surface area (Å²) in [7, 11) is -2.38. The van der Waals surface area contributed by atoms with Crippen LogP contribution in [0.25, 0.3) is 0 Å². The van der Waals surface area contributed by atoms with Crippen molar-refractivity contribution < 1.29 is 22.3 Å². The third-order valence-corrected chi connectivity index (χ3v) is 9.23. The predicted molar refractivity (Wildman–Crippen MR) is 151 cm³/mol. The molecule has 4 aromatic rings. The number of fused-ring (bicyclic) bond motifs is 1. The number of hydrogen-bond acceptors (Lipinski definition) is 6. The maximum absolute atomic E-state index is 14.0. The molecule has 0 radical (unpaired) electrons. The first-order valence-electron chi connectivity index (χ1n) is 13.4. The van der Waals surface area contributed by atoms with Crippen molar-refractivity contribution in [2.75, 3.05) is 12.0 Å². The molecule has 1 saturated carbocycles. The summed E-state index contributed by atoms with van der Waals surface area (Å²) in [5, 5.41) is 0. The number of aromatic nitrogens is 2. The number of nitrogens with zero attached hydrogens (tertiary/aromatic N) is 3. The molecule has 1 fully saturated rings. The average molecular weight is 573 g/mol. The van der Waals surface area contributed by atoms with E-state index in [-0.39, 0.29) is 35.2 Å². The fourth-order valence-electron chi connectivity index (χ4n) is 5.49. The van der Waals surface area contributed by atoms with Crippen molar-refractivity contribution in [1.29, 1.82) is 0 Å². The van der Waals surface area contributed by atoms with E-state index in [2.05, 4.69) is 14.7 Å². The maximum atomic E-state index is 14.0. The molecule has 2 aliphatic rings. The summed E-state index contributed by atoms with van der Waals surface area (Å²) in [6.45, 7) is 0.256. The Morgan fingerprint density at radius 2 is 1.78 bits per heavy atom. The van der Waals surface area contributed by atoms with Crippen LogP contribution in [0.1, 0.15) is 47.1 Å². The third-order valence-electron chi connectivity index (χ3n) is 7.75. The van der Waals surface area contributed by atoms with E-state index in [0.29, 0.717) is 18.5 Å². The molecule has 0 unspecified atom stereocenters. The van der Waals surface area contributed by atoms with E-state index in [9.17, 15) is 17.6 Å². The zero-order chi connectivity index (χ0) is 28.6. The normalized spacial score (nSPS) is 19.4. The summed E-state index contributed by atoms with van der Waals surface area (Å²) in [6, 6.07) is 20.3. The van der Waals surface area contributed by atoms with Crippen LogP contribution < -0.4 is 14.4 Å². The number of ether oxygens (including phenoxy) is 1. The number of nitrogens with one attached hydrogen (secondary N) is 1. The lowest BCUT2D eigenvalue weighted by Crippen LogP contribution is -2.32. The molecule has 3 aromatic carbocycles. The lowest BCUT2D eigenvalue weighted by Gasteiger charge is -2.25. The van der Waals surface area contributed by atoms with Crippen LogP contribution >= 0.6 is 0 Å². The van der Waals surface area contributed by atoms with Gasteiger partial charge in [-0.05, 0) is 78.3 Å². The topological polar surface area (TPSA) is 101 Å². The highest BCUT2D eigenvalue weighted by Gasteiger charge is 2.46. The first-order valence-corrected chi connectivity index (χ1v) is 14.9. The highest BCUT2D eigenvalue weighted by molar-refractivity contribution is 7.89. The minimum absolute atomic E-state index is 0.000465. The van der Waals surface area contributed by atoms with Crippen LogP contribution in [0.5, 0.6) is 6.01 Å². The van der Waals surface area contributed by atoms with Crippen molar-refractivity contribution in [3.8, 4) is 6.01 Å². The Morgan fingerprint density at radius 1 is 1.05 bits per heavy atom. The van der Waals surface area contributed by atoms with Gasteiger partial charge in [-0.25, -0.2) is 27.5 Å². The minimum atomic E-state index is -3.87. The number of rotatable bonds is 9. The van der Waals surface area contributed by atoms with Crippen molar-refractivity contribution in [2.24, 2.45) is 5.92 Å². The second kappa shape index (κ2) is 11.0. The standard InChI is InChI=1S/C31H29FN4O4S/c1-40-31-33-17-20(18-34-31)19-36(30(37)28-16-26(28)21-5-3-2-4-6-21)24-11-7-22-8-14-29(27(22)15-24)35-41(38,39)25-12-9-23(32)10-13-25/h2-7,9-13,15,17-18,26,28-29,35H,8,14,16,19H2,1H3/t26-,28+,29-/m0/s1. The number of anilines is 1. The van der Waals surface area contributed by atoms with E-state index in [4.69, 9.17) is 4.74 Å². The van der Waals surface area contributed by atoms with Crippen LogP contribution in [-0.4, -0.2) is 31.4 Å². The van der Waals surface area contributed by atoms with Crippen LogP contribution in [0.3, 0.4) is 0 Å². The largest absolute Gasteiger partial charge is 0.467 e. The van der Waals surface area contributed by atoms with E-state index in [1.807, 2.05) is 48.5 Å². The maximum Gasteiger partial charge on any atom is 0.316 e. The predicted octanol–water partition coefficient (Wildman–Crippen LogP) is 4.93. The second-order valence-corrected chi connectivity index (χ2v) is 12.1. The third kappa shape index (κ3) is 5.71. The summed E-state index contributed by atoms with van der Waals surface area (Å²) >= 11 is 0. The summed E-state index contributed by atoms with van der Waals surface area (Å²) < 4.78 is 47.4. The molecule has 6 rings (SSSR count). The zero-order valence-corrected chi connectivity index (χ0v) is 23.2. The van der Waals surface area contributed by atoms with Crippen LogP contribution in [0.15, 0.2) is 90.1 Å². The van der Waals surface area contributed by atoms with Crippen molar-refractivity contribution in [1.82, 2.24) is 14.7 Å². The SMILES string of the molecule is COc1ncc(CN(C(=O)[C@@H]2C[C@H]2c2ccccc2)c2ccc3c(c2)[C@@H](NS(=O)(=O)c2ccc(F)cc2)CC3)cn1. The van der Waals surface area contributed by atoms with E-state index in [1.165, 1.54) is 19.2 Å². The highest BCUT2D eigenvalue weighted by atomic mass is 32.2. The molecule has 0 bridgehead atoms. The Hall–Kier alpha value is -4.15. The number of methoxy groups -OCH3 is 1. The Bertz CT molecular complexity index is 1670. The van der Waals surface area contributed by atoms with Gasteiger partial charge in [-0.3, -0.25) is 4.79 Å². The minimum Gasteiger partial charge on any atom is -0.467 e. The molecule has 0 aliphatic heterocycles. The first kappa shape index (κ1) is 27.0. The number of aryl methyl sites for hydroxylation is 1. The molecule has 210 valence electrons. The number of carbonyl (C=O) groups is 1. The zero-order valence-electron chi connectivity index (χ0n) is 22.4. The summed E-state index contributed by atoms with van der Waals surface area (Å²) in [6.07, 6.45) is 5.33. The van der Waals surface area contributed by atoms with Crippen molar-refractivity contribution in [3.63, 3.8) is 0 Å². The van der Waals surface area contributed by atoms with Gasteiger partial charge in [-0.15, -0.1) is 0 Å². The van der Waals surface area contributed by atoms with E-state index in [0.717, 1.165) is 40.8 Å². The molecular formula is C31H29FN4O4S. The van der Waals surface area contributed by atoms with Crippen LogP contribution in [0.2, 0.25) is 0 Å². The monoisotopic (exact) mass is 572 g/mol. The van der Waals surface area contributed by atoms with Crippen molar-refractivity contribution in [3.05, 3.63) is 113 Å². The van der Waals surface area contributed by atoms with Crippen LogP contribution in [0.4, 0.5) is 10.1 Å². The van der Waals surface area contributed by atoms with E-state index < -0.39 is 21.9 Å². The average Bonchev–Trinajstić information content (AvgIpc) is 3.71. The van der Waals surface area contributed by atoms with Crippen LogP contribution in [-0.2, 0) is 27.8 Å². The quantitative estimate of drug-likeness (QED) is 0.305. The lowest BCUT2D eigenvalue weighted by molar-refractivity contribution is -0.120. The van der Waals surface area contributed by atoms with Crippen molar-refractivity contribution in [2.45, 2.75) is 42.7 Å². The van der Waals surface area contributed by atoms with Gasteiger partial charge >= 0.3 is 6.01 Å². The Kier molecular flexibility index (Phi) is 7.27. The summed E-state index contributed by atoms with van der Waals surface area (Å²) in [4.78, 5) is 24.1. The molecule has 1 amide bonds. The fraction of sp³-hybridized carbons (Fsp3) is 0.258. The Labute approximate surface area is 238 Å². The number of sulfonamides is 1. The molecule has 1 aromatic heterocycles. The highest BCUT2D eigenvalue weighted by Crippen LogP contribution is 2.49. The fourth-order valence-corrected chi connectivity index (χ4v) is 6.74. The van der Waals surface area contributed by atoms with Gasteiger partial charge in [-0.1, -0.05) is 36.4 Å². The first-order chi connectivity index (χ1) is 19.8. The Balaban J connectivity index is 1.29. The van der Waals surface area contributed by atoms with Gasteiger partial charge in [0, 0.05) is 35.6 Å². The molecule has 8 nitrogen and oxygen atoms in total. The van der Waals surface area contributed by atoms with Crippen molar-refractivity contribution >= 4 is 21.6 Å². The van der Waals surface area contributed by atoms with Crippen LogP contribution in [0, 0.1) is 11.7 Å². The van der Waals surface area contributed by atoms with E-state index in [1.54, 1.807) is 17.3 Å². The summed E-state index contributed by atoms with van der Waals surface area (Å²) in [5.74, 6) is -0.506. The van der Waals surface area contributed by atoms with E-state index >= 15 is 0 Å². The van der Waals surface area contributed by atoms with Gasteiger partial charge < -0.3 is 9.64 Å². The number of carbonyl (C=O) groups excluding carboxylic acids is 1. The smallest absolute Gasteiger partial charge is 0.316 e. The molecule has 1 heterocycles. The molecule has 10 heteroatoms. The molecule has 3 atom stereocenters. The lowest BCUT2D eigenvalue weighted by atomic mass is 10.1. The number of hydrogen-bond donors (Lipinski definition) is 1. The van der Waals surface area contributed by atoms with Gasteiger partial charge in [0.25, 0.3) is 0 Å². The molecule has 0 saturated heterocycles.